The van der Waals surface area contributed by atoms with Crippen molar-refractivity contribution in [1.29, 1.82) is 0 Å². The smallest absolute Gasteiger partial charge is 0.222 e. The monoisotopic (exact) mass is 293 g/mol. The number of carbonyl (C=O) groups is 2. The third kappa shape index (κ3) is 5.15. The third-order valence-electron chi connectivity index (χ3n) is 2.54. The molecule has 1 rings (SSSR count). The molecular formula is C14H19N3O4. The van der Waals surface area contributed by atoms with Crippen LogP contribution in [0.15, 0.2) is 29.8 Å². The Balaban J connectivity index is 3.16. The maximum atomic E-state index is 11.2. The molecule has 0 aliphatic heterocycles. The second-order valence-electron chi connectivity index (χ2n) is 4.56. The van der Waals surface area contributed by atoms with E-state index in [-0.39, 0.29) is 23.4 Å². The summed E-state index contributed by atoms with van der Waals surface area (Å²) in [5.41, 5.74) is 2.06. The molecule has 7 nitrogen and oxygen atoms in total. The van der Waals surface area contributed by atoms with E-state index in [9.17, 15) is 9.59 Å². The molecule has 4 N–H and O–H groups in total. The van der Waals surface area contributed by atoms with Gasteiger partial charge in [-0.25, -0.2) is 5.26 Å². The number of anilines is 2. The number of hydrogen-bond acceptors (Lipinski definition) is 5. The van der Waals surface area contributed by atoms with Crippen LogP contribution < -0.4 is 16.0 Å². The SMILES string of the molecule is CC(=O)N/C(Nc1cc(C)ccc1NC(C)=O)=C(\C)OO. The maximum absolute atomic E-state index is 11.2. The molecule has 0 aromatic heterocycles. The Bertz CT molecular complexity index is 582. The van der Waals surface area contributed by atoms with Gasteiger partial charge in [0.1, 0.15) is 0 Å². The van der Waals surface area contributed by atoms with E-state index in [1.54, 1.807) is 12.1 Å². The van der Waals surface area contributed by atoms with Crippen LogP contribution >= 0.6 is 0 Å². The van der Waals surface area contributed by atoms with Crippen LogP contribution in [0.5, 0.6) is 0 Å². The van der Waals surface area contributed by atoms with Crippen molar-refractivity contribution in [2.24, 2.45) is 0 Å². The first-order valence-electron chi connectivity index (χ1n) is 6.28. The van der Waals surface area contributed by atoms with Crippen LogP contribution in [0.4, 0.5) is 11.4 Å². The van der Waals surface area contributed by atoms with Gasteiger partial charge in [0, 0.05) is 20.8 Å². The van der Waals surface area contributed by atoms with Crippen molar-refractivity contribution in [2.75, 3.05) is 10.6 Å². The van der Waals surface area contributed by atoms with Gasteiger partial charge in [-0.1, -0.05) is 6.07 Å². The zero-order valence-electron chi connectivity index (χ0n) is 12.4. The van der Waals surface area contributed by atoms with E-state index < -0.39 is 0 Å². The van der Waals surface area contributed by atoms with Crippen molar-refractivity contribution < 1.29 is 19.7 Å². The highest BCUT2D eigenvalue weighted by Crippen LogP contribution is 2.24. The van der Waals surface area contributed by atoms with Crippen molar-refractivity contribution >= 4 is 23.2 Å². The maximum Gasteiger partial charge on any atom is 0.222 e. The van der Waals surface area contributed by atoms with Gasteiger partial charge in [0.15, 0.2) is 11.6 Å². The Labute approximate surface area is 122 Å². The zero-order chi connectivity index (χ0) is 16.0. The number of rotatable bonds is 5. The first kappa shape index (κ1) is 16.5. The Morgan fingerprint density at radius 1 is 1.05 bits per heavy atom. The van der Waals surface area contributed by atoms with Crippen molar-refractivity contribution in [3.63, 3.8) is 0 Å². The molecule has 2 amide bonds. The summed E-state index contributed by atoms with van der Waals surface area (Å²) in [4.78, 5) is 26.6. The predicted octanol–water partition coefficient (Wildman–Crippen LogP) is 2.18. The molecular weight excluding hydrogens is 274 g/mol. The summed E-state index contributed by atoms with van der Waals surface area (Å²) in [5, 5.41) is 16.9. The first-order valence-corrected chi connectivity index (χ1v) is 6.28. The Hall–Kier alpha value is -2.54. The fraction of sp³-hybridized carbons (Fsp3) is 0.286. The van der Waals surface area contributed by atoms with Crippen LogP contribution in [0.25, 0.3) is 0 Å². The summed E-state index contributed by atoms with van der Waals surface area (Å²) in [5.74, 6) is -0.285. The van der Waals surface area contributed by atoms with Gasteiger partial charge in [-0.2, -0.15) is 0 Å². The molecule has 21 heavy (non-hydrogen) atoms. The molecule has 0 aliphatic carbocycles. The van der Waals surface area contributed by atoms with Gasteiger partial charge in [-0.05, 0) is 24.6 Å². The van der Waals surface area contributed by atoms with E-state index in [1.165, 1.54) is 20.8 Å². The molecule has 0 spiro atoms. The third-order valence-corrected chi connectivity index (χ3v) is 2.54. The highest BCUT2D eigenvalue weighted by Gasteiger charge is 2.11. The molecule has 0 atom stereocenters. The van der Waals surface area contributed by atoms with Crippen molar-refractivity contribution in [2.45, 2.75) is 27.7 Å². The normalized spacial score (nSPS) is 11.3. The van der Waals surface area contributed by atoms with Gasteiger partial charge < -0.3 is 20.8 Å². The highest BCUT2D eigenvalue weighted by molar-refractivity contribution is 5.93. The molecule has 0 saturated heterocycles. The molecule has 1 aromatic rings. The summed E-state index contributed by atoms with van der Waals surface area (Å²) in [6.45, 7) is 6.10. The summed E-state index contributed by atoms with van der Waals surface area (Å²) < 4.78 is 0. The van der Waals surface area contributed by atoms with Gasteiger partial charge in [-0.3, -0.25) is 9.59 Å². The standard InChI is InChI=1S/C14H19N3O4/c1-8-5-6-12(15-10(3)18)13(7-8)17-14(9(2)21-20)16-11(4)19/h5-7,17,20H,1-4H3,(H,15,18)(H,16,19)/b14-9-. The van der Waals surface area contributed by atoms with Crippen LogP contribution in [0, 0.1) is 6.92 Å². The molecule has 7 heteroatoms. The number of aryl methyl sites for hydroxylation is 1. The molecule has 0 fully saturated rings. The van der Waals surface area contributed by atoms with E-state index in [1.807, 2.05) is 13.0 Å². The fourth-order valence-corrected chi connectivity index (χ4v) is 1.62. The van der Waals surface area contributed by atoms with Gasteiger partial charge in [-0.15, -0.1) is 0 Å². The van der Waals surface area contributed by atoms with Crippen LogP contribution in [-0.2, 0) is 14.5 Å². The fourth-order valence-electron chi connectivity index (χ4n) is 1.62. The molecule has 0 saturated carbocycles. The first-order chi connectivity index (χ1) is 9.83. The molecule has 0 bridgehead atoms. The van der Waals surface area contributed by atoms with Gasteiger partial charge in [0.05, 0.1) is 11.4 Å². The van der Waals surface area contributed by atoms with E-state index >= 15 is 0 Å². The molecule has 114 valence electrons. The average Bonchev–Trinajstić information content (AvgIpc) is 2.39. The average molecular weight is 293 g/mol. The Morgan fingerprint density at radius 2 is 1.71 bits per heavy atom. The number of allylic oxidation sites excluding steroid dienone is 1. The number of nitrogens with one attached hydrogen (secondary N) is 3. The summed E-state index contributed by atoms with van der Waals surface area (Å²) in [6.07, 6.45) is 0. The minimum atomic E-state index is -0.331. The van der Waals surface area contributed by atoms with Crippen LogP contribution in [0.3, 0.4) is 0 Å². The number of hydrogen-bond donors (Lipinski definition) is 4. The topological polar surface area (TPSA) is 99.7 Å². The lowest BCUT2D eigenvalue weighted by Gasteiger charge is -2.17. The summed E-state index contributed by atoms with van der Waals surface area (Å²) in [6, 6.07) is 5.37. The molecule has 0 heterocycles. The van der Waals surface area contributed by atoms with E-state index in [4.69, 9.17) is 5.26 Å². The molecule has 1 aromatic carbocycles. The molecule has 0 aliphatic rings. The van der Waals surface area contributed by atoms with Gasteiger partial charge >= 0.3 is 0 Å². The van der Waals surface area contributed by atoms with Gasteiger partial charge in [0.25, 0.3) is 0 Å². The Morgan fingerprint density at radius 3 is 2.24 bits per heavy atom. The lowest BCUT2D eigenvalue weighted by molar-refractivity contribution is -0.203. The van der Waals surface area contributed by atoms with E-state index in [2.05, 4.69) is 20.8 Å². The second-order valence-corrected chi connectivity index (χ2v) is 4.56. The van der Waals surface area contributed by atoms with Crippen molar-refractivity contribution in [1.82, 2.24) is 5.32 Å². The number of carbonyl (C=O) groups excluding carboxylic acids is 2. The van der Waals surface area contributed by atoms with E-state index in [0.29, 0.717) is 11.4 Å². The minimum absolute atomic E-state index is 0.0838. The van der Waals surface area contributed by atoms with Crippen LogP contribution in [-0.4, -0.2) is 17.1 Å². The highest BCUT2D eigenvalue weighted by atomic mass is 17.1. The quantitative estimate of drug-likeness (QED) is 0.379. The van der Waals surface area contributed by atoms with Crippen molar-refractivity contribution in [3.05, 3.63) is 35.3 Å². The number of amides is 2. The predicted molar refractivity (Wildman–Crippen MR) is 79.3 cm³/mol. The number of benzene rings is 1. The van der Waals surface area contributed by atoms with E-state index in [0.717, 1.165) is 5.56 Å². The van der Waals surface area contributed by atoms with Crippen molar-refractivity contribution in [3.8, 4) is 0 Å². The lowest BCUT2D eigenvalue weighted by atomic mass is 10.2. The van der Waals surface area contributed by atoms with Crippen LogP contribution in [0.2, 0.25) is 0 Å². The molecule has 0 unspecified atom stereocenters. The second kappa shape index (κ2) is 7.30. The Kier molecular flexibility index (Phi) is 5.74. The van der Waals surface area contributed by atoms with Crippen LogP contribution in [0.1, 0.15) is 26.3 Å². The summed E-state index contributed by atoms with van der Waals surface area (Å²) >= 11 is 0. The zero-order valence-corrected chi connectivity index (χ0v) is 12.4. The molecule has 0 radical (unpaired) electrons. The summed E-state index contributed by atoms with van der Waals surface area (Å²) in [7, 11) is 0. The lowest BCUT2D eigenvalue weighted by Crippen LogP contribution is -2.26. The van der Waals surface area contributed by atoms with Gasteiger partial charge in [0.2, 0.25) is 11.8 Å². The largest absolute Gasteiger partial charge is 0.341 e. The minimum Gasteiger partial charge on any atom is -0.341 e.